The highest BCUT2D eigenvalue weighted by atomic mass is 31.2. The summed E-state index contributed by atoms with van der Waals surface area (Å²) in [6, 6.07) is 7.78. The van der Waals surface area contributed by atoms with E-state index in [4.69, 9.17) is 14.9 Å². The quantitative estimate of drug-likeness (QED) is 0.382. The van der Waals surface area contributed by atoms with Crippen molar-refractivity contribution in [2.45, 2.75) is 6.42 Å². The Balaban J connectivity index is 2.85. The number of carbonyl (C=O) groups excluding carboxylic acids is 2. The molecule has 0 amide bonds. The average molecular weight is 360 g/mol. The first-order valence-corrected chi connectivity index (χ1v) is 9.16. The second kappa shape index (κ2) is 10.2. The lowest BCUT2D eigenvalue weighted by molar-refractivity contribution is -0.155. The molecule has 134 valence electrons. The van der Waals surface area contributed by atoms with Gasteiger partial charge in [-0.25, -0.2) is 0 Å². The fourth-order valence-corrected chi connectivity index (χ4v) is 3.70. The fraction of sp³-hybridized carbons (Fsp3) is 0.467. The van der Waals surface area contributed by atoms with Gasteiger partial charge in [0.15, 0.2) is 0 Å². The van der Waals surface area contributed by atoms with Gasteiger partial charge in [-0.3, -0.25) is 14.2 Å². The van der Waals surface area contributed by atoms with Crippen molar-refractivity contribution in [1.29, 1.82) is 0 Å². The molecule has 0 aliphatic heterocycles. The highest BCUT2D eigenvalue weighted by Crippen LogP contribution is 2.42. The van der Waals surface area contributed by atoms with E-state index in [-0.39, 0.29) is 25.1 Å². The Morgan fingerprint density at radius 1 is 1.04 bits per heavy atom. The highest BCUT2D eigenvalue weighted by molar-refractivity contribution is 7.66. The van der Waals surface area contributed by atoms with Crippen LogP contribution in [0.2, 0.25) is 0 Å². The fourth-order valence-electron chi connectivity index (χ4n) is 1.97. The summed E-state index contributed by atoms with van der Waals surface area (Å²) in [7, 11) is -3.89. The van der Waals surface area contributed by atoms with E-state index < -0.39 is 44.4 Å². The topological polar surface area (TPSA) is 130 Å². The number of aliphatic hydroxyl groups excluding tert-OH is 2. The van der Waals surface area contributed by atoms with Crippen LogP contribution in [0, 0.1) is 5.92 Å². The number of aliphatic hydroxyl groups is 2. The van der Waals surface area contributed by atoms with Crippen LogP contribution in [0.1, 0.15) is 6.42 Å². The van der Waals surface area contributed by atoms with Crippen LogP contribution in [0.5, 0.6) is 0 Å². The summed E-state index contributed by atoms with van der Waals surface area (Å²) in [5.41, 5.74) is 0. The van der Waals surface area contributed by atoms with Crippen molar-refractivity contribution >= 4 is 24.6 Å². The third kappa shape index (κ3) is 6.80. The molecule has 1 aromatic rings. The summed E-state index contributed by atoms with van der Waals surface area (Å²) in [6.07, 6.45) is -0.947. The van der Waals surface area contributed by atoms with Crippen molar-refractivity contribution in [2.75, 3.05) is 32.6 Å². The third-order valence-electron chi connectivity index (χ3n) is 3.06. The van der Waals surface area contributed by atoms with Gasteiger partial charge in [-0.05, 0) is 12.1 Å². The van der Waals surface area contributed by atoms with Crippen molar-refractivity contribution < 1.29 is 38.7 Å². The number of carbonyl (C=O) groups is 2. The summed E-state index contributed by atoms with van der Waals surface area (Å²) in [5, 5.41) is 17.5. The predicted octanol–water partition coefficient (Wildman–Crippen LogP) is -0.340. The smallest absolute Gasteiger partial charge is 0.310 e. The molecule has 1 aromatic carbocycles. The van der Waals surface area contributed by atoms with Gasteiger partial charge in [0.2, 0.25) is 7.37 Å². The number of rotatable bonds is 10. The van der Waals surface area contributed by atoms with Gasteiger partial charge in [0, 0.05) is 11.5 Å². The van der Waals surface area contributed by atoms with Crippen LogP contribution in [0.25, 0.3) is 0 Å². The molecule has 0 saturated heterocycles. The summed E-state index contributed by atoms with van der Waals surface area (Å²) in [4.78, 5) is 33.9. The van der Waals surface area contributed by atoms with Crippen molar-refractivity contribution in [2.24, 2.45) is 5.92 Å². The van der Waals surface area contributed by atoms with Gasteiger partial charge in [0.1, 0.15) is 13.2 Å². The van der Waals surface area contributed by atoms with E-state index in [0.717, 1.165) is 0 Å². The normalized spacial score (nSPS) is 14.5. The summed E-state index contributed by atoms with van der Waals surface area (Å²) in [6.45, 7) is -1.27. The second-order valence-electron chi connectivity index (χ2n) is 4.96. The molecular weight excluding hydrogens is 339 g/mol. The lowest BCUT2D eigenvalue weighted by Gasteiger charge is -2.19. The molecule has 9 heteroatoms. The van der Waals surface area contributed by atoms with Crippen molar-refractivity contribution in [3.8, 4) is 0 Å². The Kier molecular flexibility index (Phi) is 8.63. The standard InChI is InChI=1S/C15H21O8P/c16-6-8-22-14(18)10-12(15(19)23-9-7-17)11-24(20,21)13-4-2-1-3-5-13/h1-5,12,16-17H,6-11H2,(H,20,21). The Morgan fingerprint density at radius 2 is 1.62 bits per heavy atom. The summed E-state index contributed by atoms with van der Waals surface area (Å²) in [5.74, 6) is -2.85. The first-order chi connectivity index (χ1) is 11.4. The van der Waals surface area contributed by atoms with Crippen LogP contribution in [0.15, 0.2) is 30.3 Å². The van der Waals surface area contributed by atoms with E-state index >= 15 is 0 Å². The average Bonchev–Trinajstić information content (AvgIpc) is 2.57. The molecule has 0 spiro atoms. The maximum atomic E-state index is 12.5. The van der Waals surface area contributed by atoms with E-state index in [1.807, 2.05) is 0 Å². The van der Waals surface area contributed by atoms with E-state index in [1.54, 1.807) is 18.2 Å². The number of hydrogen-bond acceptors (Lipinski definition) is 7. The number of ether oxygens (including phenoxy) is 2. The Labute approximate surface area is 139 Å². The van der Waals surface area contributed by atoms with Gasteiger partial charge in [-0.1, -0.05) is 18.2 Å². The van der Waals surface area contributed by atoms with Crippen molar-refractivity contribution in [3.05, 3.63) is 30.3 Å². The highest BCUT2D eigenvalue weighted by Gasteiger charge is 2.33. The van der Waals surface area contributed by atoms with Gasteiger partial charge < -0.3 is 24.6 Å². The molecule has 24 heavy (non-hydrogen) atoms. The number of benzene rings is 1. The third-order valence-corrected chi connectivity index (χ3v) is 5.10. The zero-order chi connectivity index (χ0) is 18.0. The molecule has 2 atom stereocenters. The lowest BCUT2D eigenvalue weighted by Crippen LogP contribution is -2.28. The predicted molar refractivity (Wildman–Crippen MR) is 85.0 cm³/mol. The molecule has 0 aliphatic rings. The zero-order valence-corrected chi connectivity index (χ0v) is 13.9. The van der Waals surface area contributed by atoms with Crippen molar-refractivity contribution in [3.63, 3.8) is 0 Å². The van der Waals surface area contributed by atoms with Crippen LogP contribution >= 0.6 is 7.37 Å². The molecule has 1 rings (SSSR count). The molecule has 0 bridgehead atoms. The maximum absolute atomic E-state index is 12.5. The van der Waals surface area contributed by atoms with Gasteiger partial charge in [0.25, 0.3) is 0 Å². The van der Waals surface area contributed by atoms with Crippen LogP contribution < -0.4 is 5.30 Å². The Hall–Kier alpha value is -1.73. The maximum Gasteiger partial charge on any atom is 0.310 e. The van der Waals surface area contributed by atoms with Crippen LogP contribution in [0.3, 0.4) is 0 Å². The monoisotopic (exact) mass is 360 g/mol. The van der Waals surface area contributed by atoms with Crippen molar-refractivity contribution in [1.82, 2.24) is 0 Å². The van der Waals surface area contributed by atoms with Crippen LogP contribution in [0.4, 0.5) is 0 Å². The second-order valence-corrected chi connectivity index (χ2v) is 7.24. The number of esters is 2. The van der Waals surface area contributed by atoms with E-state index in [2.05, 4.69) is 4.74 Å². The summed E-state index contributed by atoms with van der Waals surface area (Å²) < 4.78 is 21.9. The van der Waals surface area contributed by atoms with E-state index in [0.29, 0.717) is 0 Å². The molecule has 0 radical (unpaired) electrons. The lowest BCUT2D eigenvalue weighted by atomic mass is 10.1. The van der Waals surface area contributed by atoms with Gasteiger partial charge in [-0.15, -0.1) is 0 Å². The molecule has 0 aliphatic carbocycles. The SMILES string of the molecule is O=C(CC(CP(=O)(O)c1ccccc1)C(=O)OCCO)OCCO. The molecule has 3 N–H and O–H groups in total. The Morgan fingerprint density at radius 3 is 2.21 bits per heavy atom. The number of hydrogen-bond donors (Lipinski definition) is 3. The molecule has 0 aromatic heterocycles. The first kappa shape index (κ1) is 20.3. The summed E-state index contributed by atoms with van der Waals surface area (Å²) >= 11 is 0. The van der Waals surface area contributed by atoms with Crippen LogP contribution in [-0.2, 0) is 23.6 Å². The molecule has 0 saturated carbocycles. The molecule has 8 nitrogen and oxygen atoms in total. The molecule has 0 heterocycles. The van der Waals surface area contributed by atoms with Gasteiger partial charge in [-0.2, -0.15) is 0 Å². The van der Waals surface area contributed by atoms with Gasteiger partial charge >= 0.3 is 11.9 Å². The minimum Gasteiger partial charge on any atom is -0.463 e. The minimum atomic E-state index is -3.89. The largest absolute Gasteiger partial charge is 0.463 e. The first-order valence-electron chi connectivity index (χ1n) is 7.32. The molecular formula is C15H21O8P. The molecule has 2 unspecified atom stereocenters. The Bertz CT molecular complexity index is 574. The minimum absolute atomic E-state index is 0.161. The van der Waals surface area contributed by atoms with Gasteiger partial charge in [0.05, 0.1) is 25.6 Å². The van der Waals surface area contributed by atoms with Crippen LogP contribution in [-0.4, -0.2) is 59.6 Å². The van der Waals surface area contributed by atoms with E-state index in [1.165, 1.54) is 12.1 Å². The van der Waals surface area contributed by atoms with E-state index in [9.17, 15) is 19.0 Å². The zero-order valence-electron chi connectivity index (χ0n) is 13.0. The molecule has 0 fully saturated rings.